The molecule has 0 amide bonds. The van der Waals surface area contributed by atoms with Crippen LogP contribution in [0.5, 0.6) is 0 Å². The van der Waals surface area contributed by atoms with E-state index in [0.717, 1.165) is 19.3 Å². The zero-order chi connectivity index (χ0) is 13.4. The number of nitrogens with two attached hydrogens (primary N) is 1. The minimum absolute atomic E-state index is 0.133. The highest BCUT2D eigenvalue weighted by atomic mass is 32.2. The number of rotatable bonds is 8. The van der Waals surface area contributed by atoms with Crippen molar-refractivity contribution in [3.8, 4) is 0 Å². The number of pyridine rings is 1. The topological polar surface area (TPSA) is 94.3 Å². The van der Waals surface area contributed by atoms with Gasteiger partial charge in [0.15, 0.2) is 0 Å². The molecule has 0 aliphatic heterocycles. The molecule has 1 aromatic rings. The average molecular weight is 273 g/mol. The summed E-state index contributed by atoms with van der Waals surface area (Å²) in [6, 6.07) is 2.91. The molecule has 18 heavy (non-hydrogen) atoms. The highest BCUT2D eigenvalue weighted by molar-refractivity contribution is 7.89. The molecule has 6 nitrogen and oxygen atoms in total. The van der Waals surface area contributed by atoms with Crippen LogP contribution >= 0.6 is 0 Å². The van der Waals surface area contributed by atoms with Crippen molar-refractivity contribution in [1.29, 1.82) is 0 Å². The van der Waals surface area contributed by atoms with E-state index in [0.29, 0.717) is 19.0 Å². The summed E-state index contributed by atoms with van der Waals surface area (Å²) in [6.45, 7) is 1.12. The maximum atomic E-state index is 11.8. The van der Waals surface area contributed by atoms with Crippen molar-refractivity contribution >= 4 is 15.8 Å². The van der Waals surface area contributed by atoms with Crippen molar-refractivity contribution in [2.24, 2.45) is 0 Å². The molecule has 0 saturated heterocycles. The number of ether oxygens (including phenoxy) is 1. The van der Waals surface area contributed by atoms with Crippen LogP contribution in [-0.4, -0.2) is 33.7 Å². The quantitative estimate of drug-likeness (QED) is 0.682. The Kier molecular flexibility index (Phi) is 6.03. The van der Waals surface area contributed by atoms with Crippen LogP contribution in [-0.2, 0) is 14.8 Å². The number of hydrogen-bond acceptors (Lipinski definition) is 5. The number of unbranched alkanes of at least 4 members (excludes halogenated alkanes) is 2. The van der Waals surface area contributed by atoms with E-state index in [-0.39, 0.29) is 4.90 Å². The van der Waals surface area contributed by atoms with Gasteiger partial charge in [0.25, 0.3) is 0 Å². The largest absolute Gasteiger partial charge is 0.385 e. The van der Waals surface area contributed by atoms with Gasteiger partial charge in [-0.25, -0.2) is 18.1 Å². The summed E-state index contributed by atoms with van der Waals surface area (Å²) >= 11 is 0. The maximum Gasteiger partial charge on any atom is 0.242 e. The second-order valence-electron chi connectivity index (χ2n) is 3.87. The molecule has 0 spiro atoms. The first-order valence-corrected chi connectivity index (χ1v) is 7.25. The molecule has 0 atom stereocenters. The molecule has 0 unspecified atom stereocenters. The van der Waals surface area contributed by atoms with Crippen LogP contribution in [0.15, 0.2) is 23.2 Å². The van der Waals surface area contributed by atoms with Crippen LogP contribution in [0.2, 0.25) is 0 Å². The number of anilines is 1. The van der Waals surface area contributed by atoms with E-state index in [4.69, 9.17) is 10.5 Å². The number of nitrogens with one attached hydrogen (secondary N) is 1. The van der Waals surface area contributed by atoms with E-state index in [1.54, 1.807) is 7.11 Å². The fraction of sp³-hybridized carbons (Fsp3) is 0.545. The lowest BCUT2D eigenvalue weighted by atomic mass is 10.2. The summed E-state index contributed by atoms with van der Waals surface area (Å²) < 4.78 is 31.1. The third kappa shape index (κ3) is 4.99. The number of nitrogen functional groups attached to an aromatic ring is 1. The van der Waals surface area contributed by atoms with Gasteiger partial charge in [-0.15, -0.1) is 0 Å². The van der Waals surface area contributed by atoms with E-state index in [9.17, 15) is 8.42 Å². The third-order valence-electron chi connectivity index (χ3n) is 2.39. The summed E-state index contributed by atoms with van der Waals surface area (Å²) in [7, 11) is -1.82. The van der Waals surface area contributed by atoms with E-state index >= 15 is 0 Å². The zero-order valence-corrected chi connectivity index (χ0v) is 11.2. The van der Waals surface area contributed by atoms with Gasteiger partial charge in [0.2, 0.25) is 10.0 Å². The summed E-state index contributed by atoms with van der Waals surface area (Å²) in [5.41, 5.74) is 5.40. The van der Waals surface area contributed by atoms with Crippen LogP contribution in [0.1, 0.15) is 19.3 Å². The normalized spacial score (nSPS) is 11.6. The number of hydrogen-bond donors (Lipinski definition) is 2. The Morgan fingerprint density at radius 1 is 1.33 bits per heavy atom. The van der Waals surface area contributed by atoms with Crippen molar-refractivity contribution in [1.82, 2.24) is 9.71 Å². The Morgan fingerprint density at radius 2 is 2.11 bits per heavy atom. The van der Waals surface area contributed by atoms with Gasteiger partial charge in [-0.1, -0.05) is 0 Å². The second-order valence-corrected chi connectivity index (χ2v) is 5.64. The monoisotopic (exact) mass is 273 g/mol. The predicted octanol–water partition coefficient (Wildman–Crippen LogP) is 0.759. The molecule has 0 aliphatic carbocycles. The van der Waals surface area contributed by atoms with Crippen molar-refractivity contribution in [2.45, 2.75) is 24.2 Å². The fourth-order valence-corrected chi connectivity index (χ4v) is 2.41. The van der Waals surface area contributed by atoms with Gasteiger partial charge < -0.3 is 10.5 Å². The molecular weight excluding hydrogens is 254 g/mol. The van der Waals surface area contributed by atoms with Crippen molar-refractivity contribution in [3.63, 3.8) is 0 Å². The molecule has 0 radical (unpaired) electrons. The van der Waals surface area contributed by atoms with E-state index in [1.807, 2.05) is 0 Å². The summed E-state index contributed by atoms with van der Waals surface area (Å²) in [4.78, 5) is 3.89. The molecule has 1 rings (SSSR count). The lowest BCUT2D eigenvalue weighted by Crippen LogP contribution is -2.25. The molecule has 0 fully saturated rings. The van der Waals surface area contributed by atoms with Crippen molar-refractivity contribution in [3.05, 3.63) is 18.3 Å². The molecule has 0 aromatic carbocycles. The van der Waals surface area contributed by atoms with Crippen LogP contribution in [0.3, 0.4) is 0 Å². The Labute approximate surface area is 108 Å². The van der Waals surface area contributed by atoms with E-state index in [1.165, 1.54) is 18.3 Å². The van der Waals surface area contributed by atoms with Gasteiger partial charge in [-0.2, -0.15) is 0 Å². The smallest absolute Gasteiger partial charge is 0.242 e. The van der Waals surface area contributed by atoms with Crippen LogP contribution in [0, 0.1) is 0 Å². The summed E-state index contributed by atoms with van der Waals surface area (Å²) in [6.07, 6.45) is 3.89. The van der Waals surface area contributed by atoms with Crippen molar-refractivity contribution in [2.75, 3.05) is 26.0 Å². The van der Waals surface area contributed by atoms with Gasteiger partial charge >= 0.3 is 0 Å². The second kappa shape index (κ2) is 7.30. The van der Waals surface area contributed by atoms with Crippen molar-refractivity contribution < 1.29 is 13.2 Å². The van der Waals surface area contributed by atoms with Gasteiger partial charge in [-0.05, 0) is 31.4 Å². The minimum Gasteiger partial charge on any atom is -0.385 e. The van der Waals surface area contributed by atoms with E-state index in [2.05, 4.69) is 9.71 Å². The maximum absolute atomic E-state index is 11.8. The number of aromatic nitrogens is 1. The minimum atomic E-state index is -3.47. The zero-order valence-electron chi connectivity index (χ0n) is 10.4. The lowest BCUT2D eigenvalue weighted by molar-refractivity contribution is 0.192. The highest BCUT2D eigenvalue weighted by Crippen LogP contribution is 2.08. The standard InChI is InChI=1S/C11H19N3O3S/c1-17-8-4-2-3-7-14-18(15,16)10-5-6-11(12)13-9-10/h5-6,9,14H,2-4,7-8H2,1H3,(H2,12,13). The Bertz CT molecular complexity index is 445. The van der Waals surface area contributed by atoms with Crippen LogP contribution in [0.25, 0.3) is 0 Å². The third-order valence-corrected chi connectivity index (χ3v) is 3.83. The first kappa shape index (κ1) is 14.9. The van der Waals surface area contributed by atoms with Crippen LogP contribution in [0.4, 0.5) is 5.82 Å². The number of methoxy groups -OCH3 is 1. The van der Waals surface area contributed by atoms with Gasteiger partial charge in [-0.3, -0.25) is 0 Å². The Hall–Kier alpha value is -1.18. The molecular formula is C11H19N3O3S. The average Bonchev–Trinajstić information content (AvgIpc) is 2.34. The predicted molar refractivity (Wildman–Crippen MR) is 69.6 cm³/mol. The fourth-order valence-electron chi connectivity index (χ4n) is 1.39. The molecule has 0 aliphatic rings. The molecule has 0 saturated carbocycles. The van der Waals surface area contributed by atoms with E-state index < -0.39 is 10.0 Å². The molecule has 0 bridgehead atoms. The van der Waals surface area contributed by atoms with Gasteiger partial charge in [0, 0.05) is 26.5 Å². The number of nitrogens with zero attached hydrogens (tertiary/aromatic N) is 1. The molecule has 3 N–H and O–H groups in total. The first-order chi connectivity index (χ1) is 8.56. The summed E-state index contributed by atoms with van der Waals surface area (Å²) in [5.74, 6) is 0.300. The molecule has 7 heteroatoms. The Balaban J connectivity index is 2.38. The highest BCUT2D eigenvalue weighted by Gasteiger charge is 2.12. The van der Waals surface area contributed by atoms with Crippen LogP contribution < -0.4 is 10.5 Å². The number of sulfonamides is 1. The van der Waals surface area contributed by atoms with Gasteiger partial charge in [0.1, 0.15) is 10.7 Å². The molecule has 1 aromatic heterocycles. The molecule has 1 heterocycles. The Morgan fingerprint density at radius 3 is 2.72 bits per heavy atom. The molecule has 102 valence electrons. The lowest BCUT2D eigenvalue weighted by Gasteiger charge is -2.06. The first-order valence-electron chi connectivity index (χ1n) is 5.76. The SMILES string of the molecule is COCCCCCNS(=O)(=O)c1ccc(N)nc1. The van der Waals surface area contributed by atoms with Gasteiger partial charge in [0.05, 0.1) is 0 Å². The summed E-state index contributed by atoms with van der Waals surface area (Å²) in [5, 5.41) is 0.